The van der Waals surface area contributed by atoms with Crippen molar-refractivity contribution >= 4 is 33.9 Å². The van der Waals surface area contributed by atoms with Gasteiger partial charge in [-0.05, 0) is 57.3 Å². The van der Waals surface area contributed by atoms with Crippen molar-refractivity contribution in [2.45, 2.75) is 56.9 Å². The van der Waals surface area contributed by atoms with Gasteiger partial charge in [-0.15, -0.1) is 11.6 Å². The summed E-state index contributed by atoms with van der Waals surface area (Å²) >= 11 is 8.08. The molecule has 0 saturated heterocycles. The van der Waals surface area contributed by atoms with Crippen LogP contribution in [0.15, 0.2) is 10.9 Å². The Morgan fingerprint density at radius 1 is 1.38 bits per heavy atom. The predicted octanol–water partition coefficient (Wildman–Crippen LogP) is 3.08. The number of aromatic nitrogens is 3. The summed E-state index contributed by atoms with van der Waals surface area (Å²) in [6.07, 6.45) is 5.80. The van der Waals surface area contributed by atoms with Gasteiger partial charge in [0.2, 0.25) is 4.96 Å². The van der Waals surface area contributed by atoms with Crippen molar-refractivity contribution in [3.05, 3.63) is 27.1 Å². The molecule has 4 fully saturated rings. The highest BCUT2D eigenvalue weighted by molar-refractivity contribution is 7.16. The average Bonchev–Trinajstić information content (AvgIpc) is 2.93. The van der Waals surface area contributed by atoms with Crippen LogP contribution in [0.4, 0.5) is 0 Å². The number of rotatable bonds is 3. The minimum atomic E-state index is -0.422. The molecule has 6 nitrogen and oxygen atoms in total. The van der Waals surface area contributed by atoms with Crippen LogP contribution in [0.1, 0.15) is 49.2 Å². The number of carbonyl (C=O) groups excluding carboxylic acids is 1. The molecule has 0 radical (unpaired) electrons. The van der Waals surface area contributed by atoms with E-state index < -0.39 is 5.41 Å². The zero-order valence-electron chi connectivity index (χ0n) is 14.5. The van der Waals surface area contributed by atoms with Crippen LogP contribution in [0.25, 0.3) is 4.96 Å². The van der Waals surface area contributed by atoms with Crippen molar-refractivity contribution in [3.8, 4) is 0 Å². The third-order valence-corrected chi connectivity index (χ3v) is 7.49. The first kappa shape index (κ1) is 16.7. The first-order valence-electron chi connectivity index (χ1n) is 9.07. The van der Waals surface area contributed by atoms with Crippen molar-refractivity contribution in [3.63, 3.8) is 0 Å². The molecule has 4 saturated carbocycles. The number of ether oxygens (including phenoxy) is 1. The van der Waals surface area contributed by atoms with E-state index in [9.17, 15) is 9.59 Å². The van der Waals surface area contributed by atoms with Gasteiger partial charge in [0.15, 0.2) is 5.01 Å². The lowest BCUT2D eigenvalue weighted by Gasteiger charge is -2.58. The van der Waals surface area contributed by atoms with Crippen molar-refractivity contribution in [2.75, 3.05) is 0 Å². The Morgan fingerprint density at radius 2 is 2.12 bits per heavy atom. The second-order valence-electron chi connectivity index (χ2n) is 8.39. The Bertz CT molecular complexity index is 954. The van der Waals surface area contributed by atoms with Crippen molar-refractivity contribution < 1.29 is 9.53 Å². The Balaban J connectivity index is 1.35. The fourth-order valence-electron chi connectivity index (χ4n) is 5.69. The highest BCUT2D eigenvalue weighted by atomic mass is 35.5. The van der Waals surface area contributed by atoms with Gasteiger partial charge in [0, 0.05) is 16.6 Å². The maximum Gasteiger partial charge on any atom is 0.312 e. The summed E-state index contributed by atoms with van der Waals surface area (Å²) in [5, 5.41) is 4.82. The monoisotopic (exact) mass is 393 g/mol. The van der Waals surface area contributed by atoms with E-state index in [1.807, 2.05) is 0 Å². The van der Waals surface area contributed by atoms with Crippen LogP contribution in [-0.2, 0) is 16.1 Å². The van der Waals surface area contributed by atoms with Gasteiger partial charge < -0.3 is 4.74 Å². The summed E-state index contributed by atoms with van der Waals surface area (Å²) in [4.78, 5) is 29.5. The van der Waals surface area contributed by atoms with Gasteiger partial charge in [-0.3, -0.25) is 9.59 Å². The van der Waals surface area contributed by atoms with Gasteiger partial charge >= 0.3 is 5.97 Å². The van der Waals surface area contributed by atoms with E-state index in [0.717, 1.165) is 32.1 Å². The number of esters is 1. The molecule has 4 aliphatic rings. The van der Waals surface area contributed by atoms with E-state index in [0.29, 0.717) is 27.5 Å². The van der Waals surface area contributed by atoms with Crippen LogP contribution in [-0.4, -0.2) is 25.4 Å². The van der Waals surface area contributed by atoms with Crippen LogP contribution in [0.3, 0.4) is 0 Å². The molecule has 8 heteroatoms. The minimum absolute atomic E-state index is 0.0811. The quantitative estimate of drug-likeness (QED) is 0.591. The smallest absolute Gasteiger partial charge is 0.312 e. The molecule has 4 aliphatic carbocycles. The van der Waals surface area contributed by atoms with Gasteiger partial charge in [0.25, 0.3) is 5.56 Å². The minimum Gasteiger partial charge on any atom is -0.458 e. The number of halogens is 1. The van der Waals surface area contributed by atoms with Crippen LogP contribution < -0.4 is 5.56 Å². The number of nitrogens with zero attached hydrogens (tertiary/aromatic N) is 3. The fraction of sp³-hybridized carbons (Fsp3) is 0.667. The van der Waals surface area contributed by atoms with Gasteiger partial charge in [-0.25, -0.2) is 4.98 Å². The van der Waals surface area contributed by atoms with Gasteiger partial charge in [-0.2, -0.15) is 9.61 Å². The summed E-state index contributed by atoms with van der Waals surface area (Å²) in [5.74, 6) is 0.955. The largest absolute Gasteiger partial charge is 0.458 e. The first-order chi connectivity index (χ1) is 12.3. The van der Waals surface area contributed by atoms with Gasteiger partial charge in [0.05, 0.1) is 5.41 Å². The molecule has 0 N–H and O–H groups in total. The molecule has 4 bridgehead atoms. The van der Waals surface area contributed by atoms with E-state index in [2.05, 4.69) is 10.1 Å². The molecule has 0 amide bonds. The molecule has 26 heavy (non-hydrogen) atoms. The van der Waals surface area contributed by atoms with Crippen molar-refractivity contribution in [2.24, 2.45) is 17.3 Å². The molecule has 138 valence electrons. The number of hydrogen-bond donors (Lipinski definition) is 0. The highest BCUT2D eigenvalue weighted by Gasteiger charge is 2.60. The molecule has 0 aromatic carbocycles. The number of alkyl halides is 1. The van der Waals surface area contributed by atoms with E-state index in [-0.39, 0.29) is 23.0 Å². The van der Waals surface area contributed by atoms with Crippen LogP contribution in [0.5, 0.6) is 0 Å². The molecule has 2 heterocycles. The second kappa shape index (κ2) is 5.52. The van der Waals surface area contributed by atoms with E-state index in [1.165, 1.54) is 28.3 Å². The lowest BCUT2D eigenvalue weighted by Crippen LogP contribution is -2.56. The molecular formula is C18H20ClN3O3S. The molecule has 0 aliphatic heterocycles. The molecule has 2 aromatic rings. The van der Waals surface area contributed by atoms with Crippen LogP contribution >= 0.6 is 22.9 Å². The summed E-state index contributed by atoms with van der Waals surface area (Å²) in [5.41, 5.74) is 0.0171. The molecular weight excluding hydrogens is 374 g/mol. The Kier molecular flexibility index (Phi) is 3.54. The zero-order valence-corrected chi connectivity index (χ0v) is 16.1. The Labute approximate surface area is 159 Å². The maximum absolute atomic E-state index is 13.0. The summed E-state index contributed by atoms with van der Waals surface area (Å²) in [6.45, 7) is 1.85. The fourth-order valence-corrected chi connectivity index (χ4v) is 7.24. The standard InChI is InChI=1S/C18H20ClN3O3S/c1-10-2-14(23)22-16(20-10)26-13(21-22)8-25-15(24)17-4-11-3-12(5-17)7-18(19,6-11)9-17/h2,11-12H,3-9H2,1H3/t11-,12+,17?,18?. The lowest BCUT2D eigenvalue weighted by molar-refractivity contribution is -0.171. The Hall–Kier alpha value is -1.47. The zero-order chi connectivity index (χ0) is 18.1. The first-order valence-corrected chi connectivity index (χ1v) is 10.3. The van der Waals surface area contributed by atoms with Crippen molar-refractivity contribution in [1.29, 1.82) is 0 Å². The molecule has 2 unspecified atom stereocenters. The van der Waals surface area contributed by atoms with E-state index in [4.69, 9.17) is 16.3 Å². The number of aryl methyl sites for hydroxylation is 1. The van der Waals surface area contributed by atoms with E-state index >= 15 is 0 Å². The predicted molar refractivity (Wildman–Crippen MR) is 97.4 cm³/mol. The third kappa shape index (κ3) is 2.59. The normalized spacial score (nSPS) is 35.2. The summed E-state index contributed by atoms with van der Waals surface area (Å²) in [6, 6.07) is 1.44. The maximum atomic E-state index is 13.0. The van der Waals surface area contributed by atoms with E-state index in [1.54, 1.807) is 6.92 Å². The lowest BCUT2D eigenvalue weighted by atomic mass is 9.49. The molecule has 6 rings (SSSR count). The van der Waals surface area contributed by atoms with Crippen LogP contribution in [0, 0.1) is 24.2 Å². The van der Waals surface area contributed by atoms with Crippen LogP contribution in [0.2, 0.25) is 0 Å². The third-order valence-electron chi connectivity index (χ3n) is 6.16. The van der Waals surface area contributed by atoms with Crippen molar-refractivity contribution in [1.82, 2.24) is 14.6 Å². The average molecular weight is 394 g/mol. The highest BCUT2D eigenvalue weighted by Crippen LogP contribution is 2.64. The second-order valence-corrected chi connectivity index (χ2v) is 10.2. The topological polar surface area (TPSA) is 73.6 Å². The summed E-state index contributed by atoms with van der Waals surface area (Å²) < 4.78 is 6.93. The number of hydrogen-bond acceptors (Lipinski definition) is 6. The Morgan fingerprint density at radius 3 is 2.81 bits per heavy atom. The van der Waals surface area contributed by atoms with Gasteiger partial charge in [0.1, 0.15) is 6.61 Å². The molecule has 2 aromatic heterocycles. The SMILES string of the molecule is Cc1cc(=O)n2nc(COC(=O)C34C[C@@H]5C[C@@H](CC(Cl)(C5)C3)C4)sc2n1. The summed E-state index contributed by atoms with van der Waals surface area (Å²) in [7, 11) is 0. The van der Waals surface area contributed by atoms with Gasteiger partial charge in [-0.1, -0.05) is 11.3 Å². The number of fused-ring (bicyclic) bond motifs is 1. The molecule has 0 spiro atoms. The number of carbonyl (C=O) groups is 1. The molecule has 4 atom stereocenters.